The minimum atomic E-state index is 0.870. The number of rotatable bonds is 6. The summed E-state index contributed by atoms with van der Waals surface area (Å²) in [6, 6.07) is 47.7. The molecule has 0 N–H and O–H groups in total. The van der Waals surface area contributed by atoms with Crippen LogP contribution in [0.1, 0.15) is 22.3 Å². The summed E-state index contributed by atoms with van der Waals surface area (Å²) in [4.78, 5) is 0. The maximum Gasteiger partial charge on any atom is 0.0629 e. The van der Waals surface area contributed by atoms with Crippen LogP contribution in [0.2, 0.25) is 0 Å². The normalized spacial score (nSPS) is 11.0. The summed E-state index contributed by atoms with van der Waals surface area (Å²) in [5.41, 5.74) is 9.88. The van der Waals surface area contributed by atoms with Crippen LogP contribution in [0.4, 0.5) is 0 Å². The Bertz CT molecular complexity index is 1280. The summed E-state index contributed by atoms with van der Waals surface area (Å²) in [6.07, 6.45) is 0. The first-order valence-electron chi connectivity index (χ1n) is 11.2. The van der Waals surface area contributed by atoms with Gasteiger partial charge in [-0.05, 0) is 50.6 Å². The molecule has 0 saturated carbocycles. The van der Waals surface area contributed by atoms with Gasteiger partial charge in [-0.25, -0.2) is 0 Å². The van der Waals surface area contributed by atoms with Gasteiger partial charge in [-0.2, -0.15) is 0 Å². The molecule has 0 aliphatic carbocycles. The lowest BCUT2D eigenvalue weighted by Gasteiger charge is -2.19. The molecule has 0 aliphatic rings. The van der Waals surface area contributed by atoms with Crippen LogP contribution in [0, 0.1) is 5.92 Å². The van der Waals surface area contributed by atoms with Crippen LogP contribution in [-0.2, 0) is 5.33 Å². The second-order valence-electron chi connectivity index (χ2n) is 8.06. The van der Waals surface area contributed by atoms with E-state index in [1.54, 1.807) is 0 Å². The molecule has 1 radical (unpaired) electrons. The largest absolute Gasteiger partial charge is 0.0876 e. The summed E-state index contributed by atoms with van der Waals surface area (Å²) in [5.74, 6) is 1.25. The zero-order valence-corrected chi connectivity index (χ0v) is 19.9. The van der Waals surface area contributed by atoms with Crippen molar-refractivity contribution in [1.82, 2.24) is 0 Å². The van der Waals surface area contributed by atoms with Gasteiger partial charge in [0.1, 0.15) is 0 Å². The molecule has 0 nitrogen and oxygen atoms in total. The summed E-state index contributed by atoms with van der Waals surface area (Å²) < 4.78 is 0. The zero-order chi connectivity index (χ0) is 22.5. The van der Waals surface area contributed by atoms with E-state index in [4.69, 9.17) is 0 Å². The fraction of sp³-hybridized carbons (Fsp3) is 0.0312. The highest BCUT2D eigenvalue weighted by Crippen LogP contribution is 2.36. The number of halogens is 1. The van der Waals surface area contributed by atoms with Crippen molar-refractivity contribution < 1.29 is 0 Å². The molecule has 5 aromatic rings. The Morgan fingerprint density at radius 2 is 0.970 bits per heavy atom. The first-order valence-corrected chi connectivity index (χ1v) is 12.3. The lowest BCUT2D eigenvalue weighted by atomic mass is 9.83. The van der Waals surface area contributed by atoms with Crippen LogP contribution in [0.25, 0.3) is 22.3 Å². The molecule has 0 atom stereocenters. The lowest BCUT2D eigenvalue weighted by molar-refractivity contribution is 1.23. The standard InChI is InChI=1S/C32H24Br/c33-23-24-18-20-25(21-19-24)30-16-7-8-17-31(30)28-14-9-15-29(22-28)32(26-10-3-1-4-11-26)27-12-5-2-6-13-27/h1-22H,23H2. The van der Waals surface area contributed by atoms with E-state index in [1.165, 1.54) is 50.4 Å². The number of benzene rings is 5. The van der Waals surface area contributed by atoms with Gasteiger partial charge in [-0.3, -0.25) is 0 Å². The molecule has 0 bridgehead atoms. The van der Waals surface area contributed by atoms with E-state index in [-0.39, 0.29) is 0 Å². The van der Waals surface area contributed by atoms with E-state index in [0.717, 1.165) is 5.33 Å². The minimum absolute atomic E-state index is 0.870. The van der Waals surface area contributed by atoms with Crippen molar-refractivity contribution >= 4 is 15.9 Å². The average Bonchev–Trinajstić information content (AvgIpc) is 2.90. The van der Waals surface area contributed by atoms with E-state index in [9.17, 15) is 0 Å². The van der Waals surface area contributed by atoms with Crippen molar-refractivity contribution in [3.05, 3.63) is 162 Å². The monoisotopic (exact) mass is 487 g/mol. The second kappa shape index (κ2) is 10.0. The van der Waals surface area contributed by atoms with Gasteiger partial charge in [0.25, 0.3) is 0 Å². The maximum absolute atomic E-state index is 3.55. The molecule has 33 heavy (non-hydrogen) atoms. The highest BCUT2D eigenvalue weighted by molar-refractivity contribution is 9.08. The number of hydrogen-bond acceptors (Lipinski definition) is 0. The van der Waals surface area contributed by atoms with Crippen LogP contribution < -0.4 is 0 Å². The molecule has 0 aliphatic heterocycles. The van der Waals surface area contributed by atoms with Crippen LogP contribution in [0.3, 0.4) is 0 Å². The van der Waals surface area contributed by atoms with Crippen molar-refractivity contribution in [2.45, 2.75) is 5.33 Å². The van der Waals surface area contributed by atoms with E-state index in [1.807, 2.05) is 0 Å². The molecule has 0 unspecified atom stereocenters. The van der Waals surface area contributed by atoms with Gasteiger partial charge in [0.05, 0.1) is 5.92 Å². The molecule has 159 valence electrons. The molecule has 0 fully saturated rings. The molecule has 0 aromatic heterocycles. The van der Waals surface area contributed by atoms with Gasteiger partial charge >= 0.3 is 0 Å². The Balaban J connectivity index is 1.61. The predicted octanol–water partition coefficient (Wildman–Crippen LogP) is 8.93. The van der Waals surface area contributed by atoms with Crippen LogP contribution in [0.15, 0.2) is 133 Å². The van der Waals surface area contributed by atoms with Crippen molar-refractivity contribution in [2.75, 3.05) is 0 Å². The second-order valence-corrected chi connectivity index (χ2v) is 8.62. The smallest absolute Gasteiger partial charge is 0.0629 e. The summed E-state index contributed by atoms with van der Waals surface area (Å²) in [7, 11) is 0. The maximum atomic E-state index is 3.55. The Kier molecular flexibility index (Phi) is 6.51. The molecule has 0 amide bonds. The van der Waals surface area contributed by atoms with Crippen LogP contribution in [0.5, 0.6) is 0 Å². The summed E-state index contributed by atoms with van der Waals surface area (Å²) in [5, 5.41) is 0.870. The molecule has 5 rings (SSSR count). The van der Waals surface area contributed by atoms with Gasteiger partial charge in [0, 0.05) is 5.33 Å². The molecular formula is C32H24Br. The fourth-order valence-electron chi connectivity index (χ4n) is 4.31. The third-order valence-corrected chi connectivity index (χ3v) is 6.58. The number of alkyl halides is 1. The SMILES string of the molecule is BrCc1ccc(-c2ccccc2-c2cccc([C](c3ccccc3)c3ccccc3)c2)cc1. The van der Waals surface area contributed by atoms with Gasteiger partial charge in [0.15, 0.2) is 0 Å². The molecular weight excluding hydrogens is 464 g/mol. The third kappa shape index (κ3) is 4.69. The van der Waals surface area contributed by atoms with Crippen LogP contribution >= 0.6 is 15.9 Å². The molecule has 0 saturated heterocycles. The van der Waals surface area contributed by atoms with Gasteiger partial charge in [-0.1, -0.05) is 143 Å². The Labute approximate surface area is 204 Å². The Morgan fingerprint density at radius 1 is 0.455 bits per heavy atom. The van der Waals surface area contributed by atoms with Crippen molar-refractivity contribution in [3.8, 4) is 22.3 Å². The molecule has 1 heteroatoms. The molecule has 5 aromatic carbocycles. The summed E-state index contributed by atoms with van der Waals surface area (Å²) in [6.45, 7) is 0. The van der Waals surface area contributed by atoms with Crippen molar-refractivity contribution in [3.63, 3.8) is 0 Å². The minimum Gasteiger partial charge on any atom is -0.0876 e. The van der Waals surface area contributed by atoms with Crippen LogP contribution in [-0.4, -0.2) is 0 Å². The quantitative estimate of drug-likeness (QED) is 0.165. The summed E-state index contributed by atoms with van der Waals surface area (Å²) >= 11 is 3.55. The van der Waals surface area contributed by atoms with Gasteiger partial charge < -0.3 is 0 Å². The molecule has 0 spiro atoms. The highest BCUT2D eigenvalue weighted by Gasteiger charge is 2.18. The van der Waals surface area contributed by atoms with E-state index in [2.05, 4.69) is 149 Å². The zero-order valence-electron chi connectivity index (χ0n) is 18.3. The Hall–Kier alpha value is -3.42. The number of hydrogen-bond donors (Lipinski definition) is 0. The third-order valence-electron chi connectivity index (χ3n) is 5.93. The average molecular weight is 488 g/mol. The van der Waals surface area contributed by atoms with E-state index < -0.39 is 0 Å². The fourth-order valence-corrected chi connectivity index (χ4v) is 4.69. The highest BCUT2D eigenvalue weighted by atomic mass is 79.9. The Morgan fingerprint density at radius 3 is 1.55 bits per heavy atom. The topological polar surface area (TPSA) is 0 Å². The van der Waals surface area contributed by atoms with Gasteiger partial charge in [-0.15, -0.1) is 0 Å². The van der Waals surface area contributed by atoms with Crippen molar-refractivity contribution in [2.24, 2.45) is 0 Å². The lowest BCUT2D eigenvalue weighted by Crippen LogP contribution is -2.04. The van der Waals surface area contributed by atoms with Crippen molar-refractivity contribution in [1.29, 1.82) is 0 Å². The van der Waals surface area contributed by atoms with E-state index in [0.29, 0.717) is 0 Å². The first-order chi connectivity index (χ1) is 16.3. The first kappa shape index (κ1) is 21.4. The van der Waals surface area contributed by atoms with E-state index >= 15 is 0 Å². The molecule has 0 heterocycles. The predicted molar refractivity (Wildman–Crippen MR) is 143 cm³/mol. The van der Waals surface area contributed by atoms with Gasteiger partial charge in [0.2, 0.25) is 0 Å².